The van der Waals surface area contributed by atoms with Gasteiger partial charge in [0.15, 0.2) is 0 Å². The number of nitrogens with zero attached hydrogens (tertiary/aromatic N) is 2. The van der Waals surface area contributed by atoms with Crippen molar-refractivity contribution in [2.45, 2.75) is 77.0 Å². The average molecular weight is 473 g/mol. The van der Waals surface area contributed by atoms with Gasteiger partial charge in [0.2, 0.25) is 0 Å². The quantitative estimate of drug-likeness (QED) is 0.659. The number of likely N-dealkylation sites (tertiary alicyclic amines) is 2. The van der Waals surface area contributed by atoms with Crippen LogP contribution in [-0.2, 0) is 4.74 Å². The van der Waals surface area contributed by atoms with Gasteiger partial charge in [0, 0.05) is 18.6 Å². The highest BCUT2D eigenvalue weighted by Crippen LogP contribution is 2.37. The number of halogens is 3. The van der Waals surface area contributed by atoms with Crippen LogP contribution < -0.4 is 4.74 Å². The summed E-state index contributed by atoms with van der Waals surface area (Å²) >= 11 is 0. The first-order chi connectivity index (χ1) is 15.3. The molecule has 0 aromatic heterocycles. The molecule has 9 heteroatoms. The minimum atomic E-state index is -4.73. The molecule has 0 saturated carbocycles. The third-order valence-corrected chi connectivity index (χ3v) is 6.70. The lowest BCUT2D eigenvalue weighted by Gasteiger charge is -2.49. The molecule has 1 unspecified atom stereocenters. The number of benzene rings is 1. The number of amides is 1. The number of alkyl halides is 3. The van der Waals surface area contributed by atoms with E-state index < -0.39 is 18.1 Å². The van der Waals surface area contributed by atoms with Gasteiger partial charge in [-0.25, -0.2) is 4.79 Å². The summed E-state index contributed by atoms with van der Waals surface area (Å²) in [5.41, 5.74) is 0.0805. The number of piperidine rings is 2. The first-order valence-corrected chi connectivity index (χ1v) is 11.5. The number of carbonyl (C=O) groups is 1. The number of rotatable bonds is 4. The van der Waals surface area contributed by atoms with Crippen molar-refractivity contribution in [1.29, 1.82) is 0 Å². The van der Waals surface area contributed by atoms with Gasteiger partial charge in [0.1, 0.15) is 11.4 Å². The highest BCUT2D eigenvalue weighted by atomic mass is 19.4. The van der Waals surface area contributed by atoms with Gasteiger partial charge in [-0.2, -0.15) is 0 Å². The lowest BCUT2D eigenvalue weighted by molar-refractivity contribution is -0.274. The van der Waals surface area contributed by atoms with Crippen LogP contribution in [0.15, 0.2) is 24.3 Å². The van der Waals surface area contributed by atoms with Crippen LogP contribution in [0.4, 0.5) is 18.0 Å². The fraction of sp³-hybridized carbons (Fsp3) is 0.708. The Hall–Kier alpha value is -2.00. The number of carbonyl (C=O) groups excluding carboxylic acids is 1. The second kappa shape index (κ2) is 9.70. The van der Waals surface area contributed by atoms with E-state index in [1.807, 2.05) is 20.8 Å². The topological polar surface area (TPSA) is 62.2 Å². The number of aliphatic hydroxyl groups excluding tert-OH is 1. The fourth-order valence-corrected chi connectivity index (χ4v) is 4.71. The van der Waals surface area contributed by atoms with Crippen molar-refractivity contribution >= 4 is 6.09 Å². The van der Waals surface area contributed by atoms with Gasteiger partial charge in [0.25, 0.3) is 0 Å². The molecule has 2 aliphatic heterocycles. The van der Waals surface area contributed by atoms with E-state index >= 15 is 0 Å². The molecule has 1 atom stereocenters. The van der Waals surface area contributed by atoms with E-state index in [0.717, 1.165) is 38.8 Å². The second-order valence-corrected chi connectivity index (χ2v) is 10.4. The molecule has 2 saturated heterocycles. The summed E-state index contributed by atoms with van der Waals surface area (Å²) in [6.45, 7) is 10.8. The summed E-state index contributed by atoms with van der Waals surface area (Å²) in [4.78, 5) is 16.6. The molecule has 0 spiro atoms. The van der Waals surface area contributed by atoms with Gasteiger partial charge in [0.05, 0.1) is 6.10 Å². The normalized spacial score (nSPS) is 21.5. The zero-order valence-electron chi connectivity index (χ0n) is 19.8. The average Bonchev–Trinajstić information content (AvgIpc) is 2.72. The Bertz CT molecular complexity index is 791. The molecule has 1 amide bonds. The van der Waals surface area contributed by atoms with Crippen LogP contribution in [0.3, 0.4) is 0 Å². The second-order valence-electron chi connectivity index (χ2n) is 10.4. The number of hydrogen-bond acceptors (Lipinski definition) is 5. The first-order valence-electron chi connectivity index (χ1n) is 11.5. The van der Waals surface area contributed by atoms with Crippen LogP contribution in [0, 0.1) is 5.92 Å². The van der Waals surface area contributed by atoms with Crippen molar-refractivity contribution in [2.24, 2.45) is 5.92 Å². The molecule has 0 radical (unpaired) electrons. The highest BCUT2D eigenvalue weighted by Gasteiger charge is 2.40. The molecule has 1 aromatic rings. The van der Waals surface area contributed by atoms with E-state index in [1.165, 1.54) is 24.3 Å². The van der Waals surface area contributed by atoms with Crippen molar-refractivity contribution in [3.05, 3.63) is 29.8 Å². The minimum absolute atomic E-state index is 0.00891. The maximum Gasteiger partial charge on any atom is 0.573 e. The Balaban J connectivity index is 1.50. The predicted molar refractivity (Wildman–Crippen MR) is 118 cm³/mol. The van der Waals surface area contributed by atoms with Crippen LogP contribution in [0.2, 0.25) is 0 Å². The van der Waals surface area contributed by atoms with Crippen LogP contribution in [0.1, 0.15) is 65.0 Å². The van der Waals surface area contributed by atoms with Gasteiger partial charge < -0.3 is 19.5 Å². The molecule has 2 aliphatic rings. The molecule has 1 N–H and O–H groups in total. The van der Waals surface area contributed by atoms with E-state index in [-0.39, 0.29) is 23.3 Å². The summed E-state index contributed by atoms with van der Waals surface area (Å²) in [6.07, 6.45) is -2.40. The van der Waals surface area contributed by atoms with Crippen molar-refractivity contribution in [2.75, 3.05) is 26.2 Å². The predicted octanol–water partition coefficient (Wildman–Crippen LogP) is 5.12. The van der Waals surface area contributed by atoms with Gasteiger partial charge >= 0.3 is 12.5 Å². The molecule has 2 fully saturated rings. The Morgan fingerprint density at radius 2 is 1.61 bits per heavy atom. The fourth-order valence-electron chi connectivity index (χ4n) is 4.71. The maximum atomic E-state index is 12.3. The summed E-state index contributed by atoms with van der Waals surface area (Å²) in [6, 6.07) is 5.46. The van der Waals surface area contributed by atoms with Crippen molar-refractivity contribution < 1.29 is 32.5 Å². The zero-order chi connectivity index (χ0) is 24.4. The van der Waals surface area contributed by atoms with Crippen LogP contribution in [-0.4, -0.2) is 64.7 Å². The van der Waals surface area contributed by atoms with E-state index in [4.69, 9.17) is 4.74 Å². The Morgan fingerprint density at radius 1 is 1.06 bits per heavy atom. The first kappa shape index (κ1) is 25.6. The van der Waals surface area contributed by atoms with Crippen LogP contribution in [0.5, 0.6) is 5.75 Å². The summed E-state index contributed by atoms with van der Waals surface area (Å²) < 4.78 is 46.4. The Morgan fingerprint density at radius 3 is 2.09 bits per heavy atom. The van der Waals surface area contributed by atoms with Crippen LogP contribution >= 0.6 is 0 Å². The van der Waals surface area contributed by atoms with Crippen LogP contribution in [0.25, 0.3) is 0 Å². The van der Waals surface area contributed by atoms with Crippen molar-refractivity contribution in [3.8, 4) is 5.75 Å². The molecule has 186 valence electrons. The number of hydrogen-bond donors (Lipinski definition) is 1. The molecular formula is C24H35F3N2O4. The standard InChI is InChI=1S/C24H35F3N2O4/c1-22(2,3)33-21(31)28-15-11-23(4,12-16-28)29-13-9-18(10-14-29)20(30)17-5-7-19(8-6-17)32-24(25,26)27/h5-8,18,20,30H,9-16H2,1-4H3. The summed E-state index contributed by atoms with van der Waals surface area (Å²) in [5.74, 6) is -0.250. The highest BCUT2D eigenvalue weighted by molar-refractivity contribution is 5.68. The third-order valence-electron chi connectivity index (χ3n) is 6.70. The van der Waals surface area contributed by atoms with E-state index in [9.17, 15) is 23.1 Å². The monoisotopic (exact) mass is 472 g/mol. The molecule has 0 aliphatic carbocycles. The SMILES string of the molecule is CC(C)(C)OC(=O)N1CCC(C)(N2CCC(C(O)c3ccc(OC(F)(F)F)cc3)CC2)CC1. The molecular weight excluding hydrogens is 437 g/mol. The number of ether oxygens (including phenoxy) is 2. The third kappa shape index (κ3) is 6.99. The molecule has 2 heterocycles. The van der Waals surface area contributed by atoms with E-state index in [1.54, 1.807) is 4.90 Å². The largest absolute Gasteiger partial charge is 0.573 e. The molecule has 6 nitrogen and oxygen atoms in total. The molecule has 33 heavy (non-hydrogen) atoms. The van der Waals surface area contributed by atoms with E-state index in [0.29, 0.717) is 18.7 Å². The number of aliphatic hydroxyl groups is 1. The molecule has 0 bridgehead atoms. The lowest BCUT2D eigenvalue weighted by Crippen LogP contribution is -2.57. The van der Waals surface area contributed by atoms with Crippen molar-refractivity contribution in [1.82, 2.24) is 9.80 Å². The Labute approximate surface area is 193 Å². The minimum Gasteiger partial charge on any atom is -0.444 e. The summed E-state index contributed by atoms with van der Waals surface area (Å²) in [7, 11) is 0. The van der Waals surface area contributed by atoms with Crippen molar-refractivity contribution in [3.63, 3.8) is 0 Å². The Kier molecular flexibility index (Phi) is 7.53. The van der Waals surface area contributed by atoms with Gasteiger partial charge in [-0.1, -0.05) is 12.1 Å². The van der Waals surface area contributed by atoms with Gasteiger partial charge in [-0.15, -0.1) is 13.2 Å². The molecule has 3 rings (SSSR count). The smallest absolute Gasteiger partial charge is 0.444 e. The molecule has 1 aromatic carbocycles. The van der Waals surface area contributed by atoms with E-state index in [2.05, 4.69) is 16.6 Å². The van der Waals surface area contributed by atoms with Gasteiger partial charge in [-0.3, -0.25) is 4.90 Å². The lowest BCUT2D eigenvalue weighted by atomic mass is 9.82. The maximum absolute atomic E-state index is 12.3. The summed E-state index contributed by atoms with van der Waals surface area (Å²) in [5, 5.41) is 10.8. The van der Waals surface area contributed by atoms with Gasteiger partial charge in [-0.05, 0) is 90.1 Å². The zero-order valence-corrected chi connectivity index (χ0v) is 19.8.